The summed E-state index contributed by atoms with van der Waals surface area (Å²) in [5.74, 6) is -0.685. The van der Waals surface area contributed by atoms with Crippen LogP contribution in [0.5, 0.6) is 17.2 Å². The minimum absolute atomic E-state index is 0.00664. The van der Waals surface area contributed by atoms with Crippen molar-refractivity contribution >= 4 is 23.8 Å². The second-order valence-corrected chi connectivity index (χ2v) is 15.4. The fourth-order valence-corrected chi connectivity index (χ4v) is 9.13. The van der Waals surface area contributed by atoms with Crippen molar-refractivity contribution in [3.8, 4) is 17.2 Å². The Hall–Kier alpha value is -5.57. The minimum Gasteiger partial charge on any atom is -0.459 e. The van der Waals surface area contributed by atoms with E-state index in [2.05, 4.69) is 12.7 Å². The molecule has 3 aliphatic rings. The highest BCUT2D eigenvalue weighted by atomic mass is 16.7. The fourth-order valence-electron chi connectivity index (χ4n) is 9.13. The van der Waals surface area contributed by atoms with Crippen molar-refractivity contribution < 1.29 is 48.5 Å². The van der Waals surface area contributed by atoms with Crippen LogP contribution in [-0.2, 0) is 20.9 Å². The number of carbonyl (C=O) groups is 2. The Morgan fingerprint density at radius 2 is 1.80 bits per heavy atom. The lowest BCUT2D eigenvalue weighted by Gasteiger charge is -2.59. The molecular formula is C46H55N3O11. The number of methoxy groups -OCH3 is 1. The van der Waals surface area contributed by atoms with E-state index in [4.69, 9.17) is 28.9 Å². The molecule has 60 heavy (non-hydrogen) atoms. The molecule has 0 unspecified atom stereocenters. The van der Waals surface area contributed by atoms with Crippen LogP contribution in [0.3, 0.4) is 0 Å². The molecular weight excluding hydrogens is 771 g/mol. The monoisotopic (exact) mass is 825 g/mol. The highest BCUT2D eigenvalue weighted by molar-refractivity contribution is 6.03. The molecule has 2 aliphatic carbocycles. The lowest BCUT2D eigenvalue weighted by atomic mass is 9.55. The van der Waals surface area contributed by atoms with Crippen LogP contribution in [0.1, 0.15) is 85.7 Å². The van der Waals surface area contributed by atoms with Gasteiger partial charge in [-0.05, 0) is 97.5 Å². The quantitative estimate of drug-likeness (QED) is 0.0346. The summed E-state index contributed by atoms with van der Waals surface area (Å²) < 4.78 is 25.9. The zero-order valence-electron chi connectivity index (χ0n) is 34.3. The number of aliphatic hydroxyl groups is 2. The Morgan fingerprint density at radius 1 is 1.05 bits per heavy atom. The van der Waals surface area contributed by atoms with E-state index in [9.17, 15) is 29.9 Å². The number of allylic oxidation sites excluding steroid dienone is 1. The Labute approximate surface area is 350 Å². The number of aliphatic hydroxyl groups excluding tert-OH is 2. The van der Waals surface area contributed by atoms with Crippen molar-refractivity contribution in [2.24, 2.45) is 22.9 Å². The summed E-state index contributed by atoms with van der Waals surface area (Å²) in [6.45, 7) is 6.54. The van der Waals surface area contributed by atoms with Crippen LogP contribution in [0.15, 0.2) is 96.2 Å². The first-order chi connectivity index (χ1) is 29.2. The molecule has 6 atom stereocenters. The SMILES string of the molecule is C=CCO[C@@]12Oc3ccc(Oc4cccc(C=O)c4)cc3[C@H]3[C@H](CCCCO)[C@@H](CCCCO)C=C(C(=NOCc4ccc([N+](=O)[O-])cc4)C[C@@H]1N(CCC)C(=O)OC)[C@H]32. The third kappa shape index (κ3) is 9.56. The topological polar surface area (TPSA) is 179 Å². The molecule has 1 aliphatic heterocycles. The molecule has 0 radical (unpaired) electrons. The molecule has 0 saturated heterocycles. The first-order valence-corrected chi connectivity index (χ1v) is 20.7. The summed E-state index contributed by atoms with van der Waals surface area (Å²) in [6.07, 6.45) is 9.22. The normalized spacial score (nSPS) is 23.3. The van der Waals surface area contributed by atoms with Gasteiger partial charge in [0, 0.05) is 55.4 Å². The Bertz CT molecular complexity index is 2040. The third-order valence-electron chi connectivity index (χ3n) is 11.7. The summed E-state index contributed by atoms with van der Waals surface area (Å²) in [7, 11) is 1.35. The van der Waals surface area contributed by atoms with Crippen LogP contribution >= 0.6 is 0 Å². The number of nitro benzene ring substituents is 1. The van der Waals surface area contributed by atoms with Crippen molar-refractivity contribution in [1.82, 2.24) is 4.90 Å². The first kappa shape index (κ1) is 44.0. The highest BCUT2D eigenvalue weighted by Gasteiger charge is 2.65. The molecule has 6 rings (SSSR count). The summed E-state index contributed by atoms with van der Waals surface area (Å²) in [4.78, 5) is 44.0. The van der Waals surface area contributed by atoms with E-state index >= 15 is 0 Å². The largest absolute Gasteiger partial charge is 0.459 e. The van der Waals surface area contributed by atoms with Gasteiger partial charge in [0.2, 0.25) is 5.79 Å². The van der Waals surface area contributed by atoms with Gasteiger partial charge in [0.15, 0.2) is 0 Å². The summed E-state index contributed by atoms with van der Waals surface area (Å²) in [5, 5.41) is 35.8. The number of aldehydes is 1. The predicted octanol–water partition coefficient (Wildman–Crippen LogP) is 8.51. The number of hydrogen-bond donors (Lipinski definition) is 2. The van der Waals surface area contributed by atoms with E-state index in [0.717, 1.165) is 43.1 Å². The number of rotatable bonds is 21. The molecule has 320 valence electrons. The van der Waals surface area contributed by atoms with Gasteiger partial charge >= 0.3 is 6.09 Å². The Kier molecular flexibility index (Phi) is 15.1. The standard InChI is InChI=1S/C46H55N3O11/c1-4-21-48(45(53)56-3)42-28-40(47-58-30-31-15-17-34(18-16-31)49(54)55)38-26-33(12-6-8-22-50)37(14-7-9-23-51)43-39-27-36(59-35-13-10-11-32(25-35)29-52)19-20-41(39)60-46(42,44(38)43)57-24-5-2/h5,10-11,13,15-20,25-27,29,33,37,42-44,50-51H,2,4,6-9,12,14,21-24,28,30H2,1,3H3/t33-,37+,42-,43+,44+,46+/m0/s1. The van der Waals surface area contributed by atoms with Gasteiger partial charge in [-0.1, -0.05) is 49.2 Å². The number of oxime groups is 1. The van der Waals surface area contributed by atoms with Crippen LogP contribution in [-0.4, -0.2) is 83.4 Å². The van der Waals surface area contributed by atoms with Gasteiger partial charge in [-0.2, -0.15) is 0 Å². The van der Waals surface area contributed by atoms with Crippen LogP contribution in [0.25, 0.3) is 0 Å². The van der Waals surface area contributed by atoms with Crippen molar-refractivity contribution in [1.29, 1.82) is 0 Å². The minimum atomic E-state index is -1.45. The van der Waals surface area contributed by atoms with E-state index in [1.165, 1.54) is 19.2 Å². The predicted molar refractivity (Wildman–Crippen MR) is 224 cm³/mol. The number of amides is 1. The van der Waals surface area contributed by atoms with Gasteiger partial charge in [0.25, 0.3) is 5.69 Å². The zero-order valence-corrected chi connectivity index (χ0v) is 34.3. The van der Waals surface area contributed by atoms with Crippen molar-refractivity contribution in [3.63, 3.8) is 0 Å². The fraction of sp³-hybridized carbons (Fsp3) is 0.457. The van der Waals surface area contributed by atoms with E-state index in [1.807, 2.05) is 25.1 Å². The second-order valence-electron chi connectivity index (χ2n) is 15.4. The van der Waals surface area contributed by atoms with Gasteiger partial charge in [0.05, 0.1) is 30.3 Å². The number of carbonyl (C=O) groups excluding carboxylic acids is 2. The molecule has 1 amide bonds. The number of ether oxygens (including phenoxy) is 4. The van der Waals surface area contributed by atoms with Gasteiger partial charge < -0.3 is 34.0 Å². The number of non-ortho nitro benzene ring substituents is 1. The smallest absolute Gasteiger partial charge is 0.409 e. The molecule has 1 saturated carbocycles. The number of unbranched alkanes of at least 4 members (excludes halogenated alkanes) is 2. The van der Waals surface area contributed by atoms with Crippen LogP contribution in [0, 0.1) is 27.9 Å². The Balaban J connectivity index is 1.56. The average Bonchev–Trinajstić information content (AvgIpc) is 3.26. The number of hydrogen-bond acceptors (Lipinski definition) is 12. The molecule has 2 N–H and O–H groups in total. The van der Waals surface area contributed by atoms with E-state index in [1.54, 1.807) is 47.4 Å². The highest BCUT2D eigenvalue weighted by Crippen LogP contribution is 2.62. The Morgan fingerprint density at radius 3 is 2.48 bits per heavy atom. The van der Waals surface area contributed by atoms with Gasteiger partial charge in [-0.3, -0.25) is 19.8 Å². The maximum absolute atomic E-state index is 13.8. The summed E-state index contributed by atoms with van der Waals surface area (Å²) in [6, 6.07) is 17.9. The average molecular weight is 826 g/mol. The molecule has 0 spiro atoms. The van der Waals surface area contributed by atoms with Gasteiger partial charge in [0.1, 0.15) is 36.2 Å². The van der Waals surface area contributed by atoms with Gasteiger partial charge in [-0.15, -0.1) is 6.58 Å². The number of nitrogens with zero attached hydrogens (tertiary/aromatic N) is 3. The van der Waals surface area contributed by atoms with Gasteiger partial charge in [-0.25, -0.2) is 4.79 Å². The van der Waals surface area contributed by atoms with E-state index < -0.39 is 28.8 Å². The maximum atomic E-state index is 13.8. The third-order valence-corrected chi connectivity index (χ3v) is 11.7. The van der Waals surface area contributed by atoms with Crippen molar-refractivity contribution in [3.05, 3.63) is 118 Å². The lowest BCUT2D eigenvalue weighted by molar-refractivity contribution is -0.384. The van der Waals surface area contributed by atoms with Crippen molar-refractivity contribution in [2.75, 3.05) is 33.5 Å². The number of nitro groups is 1. The molecule has 0 aromatic heterocycles. The molecule has 1 fully saturated rings. The van der Waals surface area contributed by atoms with E-state index in [0.29, 0.717) is 59.9 Å². The molecule has 1 heterocycles. The lowest BCUT2D eigenvalue weighted by Crippen LogP contribution is -2.70. The first-order valence-electron chi connectivity index (χ1n) is 20.7. The number of benzene rings is 3. The molecule has 3 aromatic rings. The molecule has 14 heteroatoms. The zero-order chi connectivity index (χ0) is 42.6. The summed E-state index contributed by atoms with van der Waals surface area (Å²) in [5.41, 5.74) is 3.47. The maximum Gasteiger partial charge on any atom is 0.409 e. The van der Waals surface area contributed by atoms with E-state index in [-0.39, 0.29) is 56.3 Å². The molecule has 3 aromatic carbocycles. The second kappa shape index (κ2) is 20.6. The summed E-state index contributed by atoms with van der Waals surface area (Å²) >= 11 is 0. The van der Waals surface area contributed by atoms with Crippen LogP contribution in [0.2, 0.25) is 0 Å². The van der Waals surface area contributed by atoms with Crippen molar-refractivity contribution in [2.45, 2.75) is 82.6 Å². The van der Waals surface area contributed by atoms with Crippen LogP contribution < -0.4 is 9.47 Å². The number of fused-ring (bicyclic) bond motifs is 2. The molecule has 14 nitrogen and oxygen atoms in total. The van der Waals surface area contributed by atoms with Crippen LogP contribution in [0.4, 0.5) is 10.5 Å². The molecule has 0 bridgehead atoms.